The lowest BCUT2D eigenvalue weighted by molar-refractivity contribution is 0.0776. The van der Waals surface area contributed by atoms with Crippen molar-refractivity contribution in [1.82, 2.24) is 19.9 Å². The van der Waals surface area contributed by atoms with Gasteiger partial charge in [-0.05, 0) is 19.8 Å². The van der Waals surface area contributed by atoms with Crippen LogP contribution in [0.2, 0.25) is 0 Å². The smallest absolute Gasteiger partial charge is 0.243 e. The number of β-amino-alcohol motifs (C(OH)–C–C–N with tert-alkyl or cyclic N) is 1. The van der Waals surface area contributed by atoms with E-state index in [4.69, 9.17) is 9.63 Å². The minimum Gasteiger partial charge on any atom is -0.395 e. The van der Waals surface area contributed by atoms with E-state index in [9.17, 15) is 0 Å². The van der Waals surface area contributed by atoms with Crippen molar-refractivity contribution < 1.29 is 9.63 Å². The van der Waals surface area contributed by atoms with Crippen LogP contribution in [-0.2, 0) is 0 Å². The van der Waals surface area contributed by atoms with Crippen LogP contribution in [0.25, 0.3) is 0 Å². The number of nitrogens with zero attached hydrogens (tertiary/aromatic N) is 4. The second-order valence-corrected chi connectivity index (χ2v) is 5.54. The molecule has 0 spiro atoms. The first-order chi connectivity index (χ1) is 9.28. The highest BCUT2D eigenvalue weighted by atomic mass is 16.5. The highest BCUT2D eigenvalue weighted by Crippen LogP contribution is 2.38. The largest absolute Gasteiger partial charge is 0.395 e. The Hall–Kier alpha value is -0.980. The fourth-order valence-corrected chi connectivity index (χ4v) is 2.60. The number of rotatable bonds is 5. The van der Waals surface area contributed by atoms with Gasteiger partial charge in [0, 0.05) is 38.6 Å². The highest BCUT2D eigenvalue weighted by Gasteiger charge is 2.31. The van der Waals surface area contributed by atoms with Crippen molar-refractivity contribution in [3.05, 3.63) is 11.7 Å². The maximum Gasteiger partial charge on any atom is 0.243 e. The monoisotopic (exact) mass is 266 g/mol. The summed E-state index contributed by atoms with van der Waals surface area (Å²) in [5.74, 6) is 2.18. The lowest BCUT2D eigenvalue weighted by Gasteiger charge is -2.36. The van der Waals surface area contributed by atoms with Gasteiger partial charge in [-0.2, -0.15) is 4.98 Å². The van der Waals surface area contributed by atoms with Gasteiger partial charge in [-0.25, -0.2) is 0 Å². The van der Waals surface area contributed by atoms with Crippen LogP contribution in [0, 0.1) is 0 Å². The van der Waals surface area contributed by atoms with Gasteiger partial charge in [0.15, 0.2) is 5.82 Å². The zero-order chi connectivity index (χ0) is 13.2. The molecule has 2 aliphatic rings. The molecule has 0 aromatic carbocycles. The molecule has 106 valence electrons. The molecule has 1 aliphatic heterocycles. The molecule has 1 N–H and O–H groups in total. The maximum absolute atomic E-state index is 8.94. The second kappa shape index (κ2) is 5.56. The molecule has 6 nitrogen and oxygen atoms in total. The Morgan fingerprint density at radius 1 is 1.32 bits per heavy atom. The third kappa shape index (κ3) is 2.96. The number of hydrogen-bond donors (Lipinski definition) is 1. The molecule has 1 aromatic rings. The number of aromatic nitrogens is 2. The van der Waals surface area contributed by atoms with Gasteiger partial charge in [-0.3, -0.25) is 9.80 Å². The summed E-state index contributed by atoms with van der Waals surface area (Å²) >= 11 is 0. The Morgan fingerprint density at radius 2 is 2.05 bits per heavy atom. The van der Waals surface area contributed by atoms with Crippen LogP contribution < -0.4 is 0 Å². The zero-order valence-corrected chi connectivity index (χ0v) is 11.5. The van der Waals surface area contributed by atoms with Crippen LogP contribution >= 0.6 is 0 Å². The summed E-state index contributed by atoms with van der Waals surface area (Å²) in [7, 11) is 0. The van der Waals surface area contributed by atoms with Gasteiger partial charge in [0.05, 0.1) is 12.6 Å². The molecular formula is C13H22N4O2. The van der Waals surface area contributed by atoms with E-state index >= 15 is 0 Å². The lowest BCUT2D eigenvalue weighted by atomic mass is 10.2. The fourth-order valence-electron chi connectivity index (χ4n) is 2.60. The number of hydrogen-bond acceptors (Lipinski definition) is 6. The Bertz CT molecular complexity index is 411. The molecule has 19 heavy (non-hydrogen) atoms. The van der Waals surface area contributed by atoms with Crippen molar-refractivity contribution in [2.75, 3.05) is 39.3 Å². The quantitative estimate of drug-likeness (QED) is 0.842. The van der Waals surface area contributed by atoms with Crippen LogP contribution in [0.5, 0.6) is 0 Å². The topological polar surface area (TPSA) is 65.6 Å². The molecule has 2 heterocycles. The van der Waals surface area contributed by atoms with Crippen LogP contribution in [0.4, 0.5) is 0 Å². The first-order valence-electron chi connectivity index (χ1n) is 7.18. The van der Waals surface area contributed by atoms with Gasteiger partial charge in [0.2, 0.25) is 5.89 Å². The molecule has 1 aliphatic carbocycles. The Balaban J connectivity index is 1.56. The second-order valence-electron chi connectivity index (χ2n) is 5.54. The number of piperazine rings is 1. The predicted octanol–water partition coefficient (Wildman–Crippen LogP) is 0.618. The Kier molecular flexibility index (Phi) is 3.81. The molecule has 1 atom stereocenters. The van der Waals surface area contributed by atoms with Crippen LogP contribution in [-0.4, -0.2) is 64.4 Å². The van der Waals surface area contributed by atoms with Crippen molar-refractivity contribution in [3.63, 3.8) is 0 Å². The first-order valence-corrected chi connectivity index (χ1v) is 7.18. The molecule has 1 saturated carbocycles. The Morgan fingerprint density at radius 3 is 2.68 bits per heavy atom. The summed E-state index contributed by atoms with van der Waals surface area (Å²) in [5.41, 5.74) is 0. The van der Waals surface area contributed by atoms with Gasteiger partial charge < -0.3 is 9.63 Å². The highest BCUT2D eigenvalue weighted by molar-refractivity contribution is 5.04. The van der Waals surface area contributed by atoms with Crippen molar-refractivity contribution in [3.8, 4) is 0 Å². The average molecular weight is 266 g/mol. The fraction of sp³-hybridized carbons (Fsp3) is 0.846. The maximum atomic E-state index is 8.94. The zero-order valence-electron chi connectivity index (χ0n) is 11.5. The molecule has 1 saturated heterocycles. The summed E-state index contributed by atoms with van der Waals surface area (Å²) in [6, 6.07) is 0.191. The molecule has 6 heteroatoms. The first kappa shape index (κ1) is 13.0. The van der Waals surface area contributed by atoms with Gasteiger partial charge in [0.25, 0.3) is 0 Å². The summed E-state index contributed by atoms with van der Waals surface area (Å²) in [4.78, 5) is 9.19. The Labute approximate surface area is 113 Å². The minimum atomic E-state index is 0.191. The van der Waals surface area contributed by atoms with E-state index in [0.717, 1.165) is 44.4 Å². The molecule has 0 amide bonds. The third-order valence-electron chi connectivity index (χ3n) is 4.13. The van der Waals surface area contributed by atoms with Crippen molar-refractivity contribution >= 4 is 0 Å². The van der Waals surface area contributed by atoms with Crippen molar-refractivity contribution in [2.45, 2.75) is 31.7 Å². The minimum absolute atomic E-state index is 0.191. The number of aliphatic hydroxyl groups excluding tert-OH is 1. The van der Waals surface area contributed by atoms with Crippen LogP contribution in [0.1, 0.15) is 43.4 Å². The molecule has 0 radical (unpaired) electrons. The molecule has 0 bridgehead atoms. The predicted molar refractivity (Wildman–Crippen MR) is 69.8 cm³/mol. The van der Waals surface area contributed by atoms with E-state index in [0.29, 0.717) is 5.92 Å². The normalized spacial score (nSPS) is 23.7. The van der Waals surface area contributed by atoms with E-state index in [1.807, 2.05) is 0 Å². The van der Waals surface area contributed by atoms with E-state index in [1.54, 1.807) is 0 Å². The van der Waals surface area contributed by atoms with Gasteiger partial charge >= 0.3 is 0 Å². The van der Waals surface area contributed by atoms with Crippen molar-refractivity contribution in [2.24, 2.45) is 0 Å². The van der Waals surface area contributed by atoms with Crippen molar-refractivity contribution in [1.29, 1.82) is 0 Å². The summed E-state index contributed by atoms with van der Waals surface area (Å²) in [6.45, 7) is 7.11. The third-order valence-corrected chi connectivity index (χ3v) is 4.13. The summed E-state index contributed by atoms with van der Waals surface area (Å²) in [5, 5.41) is 13.0. The summed E-state index contributed by atoms with van der Waals surface area (Å²) < 4.78 is 5.40. The van der Waals surface area contributed by atoms with E-state index < -0.39 is 0 Å². The van der Waals surface area contributed by atoms with E-state index in [1.165, 1.54) is 12.8 Å². The van der Waals surface area contributed by atoms with Gasteiger partial charge in [0.1, 0.15) is 0 Å². The van der Waals surface area contributed by atoms with Crippen LogP contribution in [0.15, 0.2) is 4.52 Å². The average Bonchev–Trinajstić information content (AvgIpc) is 3.17. The van der Waals surface area contributed by atoms with Crippen LogP contribution in [0.3, 0.4) is 0 Å². The molecular weight excluding hydrogens is 244 g/mol. The number of aliphatic hydroxyl groups is 1. The van der Waals surface area contributed by atoms with E-state index in [-0.39, 0.29) is 12.6 Å². The standard InChI is InChI=1S/C13H22N4O2/c1-10(13-14-12(15-19-13)11-2-3-11)17-6-4-16(5-7-17)8-9-18/h10-11,18H,2-9H2,1H3/t10-/m1/s1. The molecule has 1 aromatic heterocycles. The summed E-state index contributed by atoms with van der Waals surface area (Å²) in [6.07, 6.45) is 2.40. The molecule has 0 unspecified atom stereocenters. The SMILES string of the molecule is C[C@H](c1nc(C2CC2)no1)N1CCN(CCO)CC1. The molecule has 3 rings (SSSR count). The van der Waals surface area contributed by atoms with Gasteiger partial charge in [-0.1, -0.05) is 5.16 Å². The molecule has 2 fully saturated rings. The lowest BCUT2D eigenvalue weighted by Crippen LogP contribution is -2.47. The van der Waals surface area contributed by atoms with E-state index in [2.05, 4.69) is 26.9 Å². The van der Waals surface area contributed by atoms with Gasteiger partial charge in [-0.15, -0.1) is 0 Å².